The van der Waals surface area contributed by atoms with Crippen LogP contribution in [0.25, 0.3) is 11.1 Å². The van der Waals surface area contributed by atoms with E-state index in [0.29, 0.717) is 12.1 Å². The van der Waals surface area contributed by atoms with Crippen LogP contribution in [0.3, 0.4) is 0 Å². The van der Waals surface area contributed by atoms with E-state index < -0.39 is 0 Å². The van der Waals surface area contributed by atoms with Gasteiger partial charge in [-0.15, -0.1) is 0 Å². The summed E-state index contributed by atoms with van der Waals surface area (Å²) in [7, 11) is 0. The molecule has 4 heterocycles. The molecule has 10 aromatic rings. The van der Waals surface area contributed by atoms with Gasteiger partial charge in [0.1, 0.15) is 0 Å². The Balaban J connectivity index is 1.01. The van der Waals surface area contributed by atoms with Crippen LogP contribution in [-0.2, 0) is 5.41 Å². The summed E-state index contributed by atoms with van der Waals surface area (Å²) in [6.45, 7) is 6.80. The zero-order valence-corrected chi connectivity index (χ0v) is 48.1. The van der Waals surface area contributed by atoms with Crippen molar-refractivity contribution in [2.45, 2.75) is 102 Å². The highest BCUT2D eigenvalue weighted by Crippen LogP contribution is 2.51. The van der Waals surface area contributed by atoms with Gasteiger partial charge >= 0.3 is 0 Å². The lowest BCUT2D eigenvalue weighted by molar-refractivity contribution is 0.340. The van der Waals surface area contributed by atoms with Crippen LogP contribution in [0.2, 0.25) is 0 Å². The summed E-state index contributed by atoms with van der Waals surface area (Å²) in [6.07, 6.45) is 12.9. The van der Waals surface area contributed by atoms with Crippen molar-refractivity contribution in [1.82, 2.24) is 0 Å². The van der Waals surface area contributed by atoms with Crippen molar-refractivity contribution >= 4 is 120 Å². The standard InChI is InChI=1S/C76H69B2N5/c1-76(2,3)54-44-42-52(43-45-54)53-46-70-74-71(47-53)82(59-34-18-8-19-35-59)68-51-69-65(50-64(68)77(74)62-38-22-24-40-66(62)80(70)57-30-14-6-15-31-57)78-63-39-23-25-41-67(63)81(58-32-16-7-17-33-58)72-48-61(49-73(75(72)78)83(69)60-36-20-9-21-37-60)79(55-26-10-4-11-27-55)56-28-12-5-13-29-56/h6-9,14-25,30-51,55-56H,4-5,10-13,26-29H2,1-3H3. The van der Waals surface area contributed by atoms with Gasteiger partial charge in [0.05, 0.1) is 0 Å². The number of benzene rings is 10. The molecule has 404 valence electrons. The molecule has 2 aliphatic carbocycles. The predicted molar refractivity (Wildman–Crippen MR) is 355 cm³/mol. The minimum absolute atomic E-state index is 0.0385. The largest absolute Gasteiger partial charge is 0.365 e. The molecule has 2 fully saturated rings. The number of rotatable bonds is 8. The summed E-state index contributed by atoms with van der Waals surface area (Å²) in [5.41, 5.74) is 27.7. The van der Waals surface area contributed by atoms with Gasteiger partial charge in [0.15, 0.2) is 0 Å². The van der Waals surface area contributed by atoms with Crippen LogP contribution >= 0.6 is 0 Å². The lowest BCUT2D eigenvalue weighted by Gasteiger charge is -2.48. The molecule has 0 atom stereocenters. The Morgan fingerprint density at radius 2 is 0.687 bits per heavy atom. The summed E-state index contributed by atoms with van der Waals surface area (Å²) in [5, 5.41) is 0. The number of anilines is 13. The summed E-state index contributed by atoms with van der Waals surface area (Å²) in [5.74, 6) is 0. The third-order valence-corrected chi connectivity index (χ3v) is 19.4. The highest BCUT2D eigenvalue weighted by atomic mass is 15.2. The van der Waals surface area contributed by atoms with Gasteiger partial charge in [0.2, 0.25) is 0 Å². The van der Waals surface area contributed by atoms with Gasteiger partial charge in [-0.2, -0.15) is 0 Å². The van der Waals surface area contributed by atoms with Crippen LogP contribution in [0.15, 0.2) is 231 Å². The molecular formula is C76H69B2N5. The fraction of sp³-hybridized carbons (Fsp3) is 0.211. The van der Waals surface area contributed by atoms with Gasteiger partial charge < -0.3 is 24.5 Å². The first-order valence-electron chi connectivity index (χ1n) is 30.9. The van der Waals surface area contributed by atoms with E-state index in [9.17, 15) is 0 Å². The Labute approximate surface area is 491 Å². The Morgan fingerprint density at radius 3 is 1.08 bits per heavy atom. The summed E-state index contributed by atoms with van der Waals surface area (Å²) in [6, 6.07) is 89.4. The zero-order chi connectivity index (χ0) is 55.3. The molecule has 0 amide bonds. The van der Waals surface area contributed by atoms with E-state index in [2.05, 4.69) is 276 Å². The second-order valence-electron chi connectivity index (χ2n) is 25.3. The summed E-state index contributed by atoms with van der Waals surface area (Å²) < 4.78 is 0. The maximum Gasteiger partial charge on any atom is 0.252 e. The van der Waals surface area contributed by atoms with Gasteiger partial charge in [-0.3, -0.25) is 0 Å². The summed E-state index contributed by atoms with van der Waals surface area (Å²) >= 11 is 0. The highest BCUT2D eigenvalue weighted by molar-refractivity contribution is 7.03. The number of hydrogen-bond acceptors (Lipinski definition) is 5. The van der Waals surface area contributed by atoms with E-state index in [1.54, 1.807) is 0 Å². The lowest BCUT2D eigenvalue weighted by Crippen LogP contribution is -2.65. The molecule has 10 aromatic carbocycles. The second kappa shape index (κ2) is 20.0. The van der Waals surface area contributed by atoms with Crippen molar-refractivity contribution in [3.63, 3.8) is 0 Å². The Hall–Kier alpha value is -8.67. The first kappa shape index (κ1) is 50.1. The monoisotopic (exact) mass is 1070 g/mol. The molecule has 0 unspecified atom stereocenters. The normalized spacial score (nSPS) is 16.1. The van der Waals surface area contributed by atoms with Crippen molar-refractivity contribution in [2.75, 3.05) is 24.5 Å². The molecule has 0 bridgehead atoms. The van der Waals surface area contributed by atoms with Crippen LogP contribution in [0.5, 0.6) is 0 Å². The molecule has 6 aliphatic rings. The third kappa shape index (κ3) is 8.20. The Bertz CT molecular complexity index is 4060. The smallest absolute Gasteiger partial charge is 0.252 e. The van der Waals surface area contributed by atoms with Gasteiger partial charge in [-0.05, 0) is 172 Å². The zero-order valence-electron chi connectivity index (χ0n) is 48.1. The average molecular weight is 1070 g/mol. The van der Waals surface area contributed by atoms with E-state index in [4.69, 9.17) is 0 Å². The molecule has 0 N–H and O–H groups in total. The van der Waals surface area contributed by atoms with Crippen molar-refractivity contribution in [3.8, 4) is 11.1 Å². The number of fused-ring (bicyclic) bond motifs is 8. The highest BCUT2D eigenvalue weighted by Gasteiger charge is 2.49. The Morgan fingerprint density at radius 1 is 0.325 bits per heavy atom. The molecule has 7 heteroatoms. The van der Waals surface area contributed by atoms with Gasteiger partial charge in [0.25, 0.3) is 13.4 Å². The van der Waals surface area contributed by atoms with Gasteiger partial charge in [0, 0.05) is 86.0 Å². The van der Waals surface area contributed by atoms with E-state index >= 15 is 0 Å². The Kier molecular flexibility index (Phi) is 12.1. The average Bonchev–Trinajstić information content (AvgIpc) is 1.98. The molecular weight excluding hydrogens is 1000 g/mol. The first-order valence-corrected chi connectivity index (χ1v) is 30.9. The van der Waals surface area contributed by atoms with E-state index in [1.807, 2.05) is 0 Å². The minimum Gasteiger partial charge on any atom is -0.365 e. The van der Waals surface area contributed by atoms with E-state index in [0.717, 1.165) is 11.4 Å². The second-order valence-corrected chi connectivity index (χ2v) is 25.3. The molecule has 0 aromatic heterocycles. The molecule has 0 spiro atoms. The van der Waals surface area contributed by atoms with Crippen LogP contribution in [0.1, 0.15) is 90.5 Å². The first-order chi connectivity index (χ1) is 40.9. The number of para-hydroxylation sites is 6. The SMILES string of the molecule is CC(C)(C)c1ccc(-c2cc3c4c(c2)N(c2ccccc2)c2cc5c(cc2B4c2ccccc2N3c2ccccc2)B2c3ccccc3N(c3ccccc3)c3cc(N(C4CCCCC4)C4CCCCC4)cc(c32)N5c2ccccc2)cc1. The molecule has 0 saturated heterocycles. The number of hydrogen-bond donors (Lipinski definition) is 0. The topological polar surface area (TPSA) is 16.2 Å². The van der Waals surface area contributed by atoms with Crippen LogP contribution < -0.4 is 57.3 Å². The van der Waals surface area contributed by atoms with E-state index in [-0.39, 0.29) is 18.8 Å². The van der Waals surface area contributed by atoms with Crippen LogP contribution in [-0.4, -0.2) is 25.5 Å². The van der Waals surface area contributed by atoms with Gasteiger partial charge in [-0.1, -0.05) is 199 Å². The maximum absolute atomic E-state index is 2.97. The lowest BCUT2D eigenvalue weighted by atomic mass is 9.30. The third-order valence-electron chi connectivity index (χ3n) is 19.4. The summed E-state index contributed by atoms with van der Waals surface area (Å²) in [4.78, 5) is 13.4. The molecule has 83 heavy (non-hydrogen) atoms. The predicted octanol–water partition coefficient (Wildman–Crippen LogP) is 16.3. The molecule has 4 aliphatic heterocycles. The molecule has 0 radical (unpaired) electrons. The van der Waals surface area contributed by atoms with Crippen molar-refractivity contribution in [3.05, 3.63) is 236 Å². The molecule has 2 saturated carbocycles. The van der Waals surface area contributed by atoms with E-state index in [1.165, 1.54) is 176 Å². The number of nitrogens with zero attached hydrogens (tertiary/aromatic N) is 5. The molecule has 16 rings (SSSR count). The fourth-order valence-corrected chi connectivity index (χ4v) is 15.7. The quantitative estimate of drug-likeness (QED) is 0.141. The molecule has 5 nitrogen and oxygen atoms in total. The van der Waals surface area contributed by atoms with Crippen molar-refractivity contribution in [2.24, 2.45) is 0 Å². The maximum atomic E-state index is 2.97. The van der Waals surface area contributed by atoms with Gasteiger partial charge in [-0.25, -0.2) is 0 Å². The van der Waals surface area contributed by atoms with Crippen molar-refractivity contribution in [1.29, 1.82) is 0 Å². The van der Waals surface area contributed by atoms with Crippen LogP contribution in [0.4, 0.5) is 73.9 Å². The fourth-order valence-electron chi connectivity index (χ4n) is 15.7. The minimum atomic E-state index is -0.0682. The van der Waals surface area contributed by atoms with Crippen LogP contribution in [0, 0.1) is 0 Å². The van der Waals surface area contributed by atoms with Crippen molar-refractivity contribution < 1.29 is 0 Å².